The van der Waals surface area contributed by atoms with Crippen LogP contribution in [0.1, 0.15) is 31.7 Å². The second-order valence-corrected chi connectivity index (χ2v) is 6.25. The SMILES string of the molecule is CCN(CC)CCCNS(=O)(=O)c1c(C)n[nH]c1C.Cl. The number of hydrogen-bond donors (Lipinski definition) is 2. The topological polar surface area (TPSA) is 78.1 Å². The molecule has 0 atom stereocenters. The van der Waals surface area contributed by atoms with Gasteiger partial charge in [0.2, 0.25) is 10.0 Å². The highest BCUT2D eigenvalue weighted by Gasteiger charge is 2.21. The Morgan fingerprint density at radius 2 is 1.85 bits per heavy atom. The monoisotopic (exact) mass is 324 g/mol. The molecule has 6 nitrogen and oxygen atoms in total. The van der Waals surface area contributed by atoms with E-state index < -0.39 is 10.0 Å². The molecular weight excluding hydrogens is 300 g/mol. The smallest absolute Gasteiger partial charge is 0.244 e. The number of nitrogens with one attached hydrogen (secondary N) is 2. The Balaban J connectivity index is 0.00000361. The number of aromatic amines is 1. The Labute approximate surface area is 127 Å². The summed E-state index contributed by atoms with van der Waals surface area (Å²) in [5.74, 6) is 0. The van der Waals surface area contributed by atoms with Crippen LogP contribution in [0.3, 0.4) is 0 Å². The van der Waals surface area contributed by atoms with E-state index >= 15 is 0 Å². The zero-order valence-corrected chi connectivity index (χ0v) is 14.2. The second-order valence-electron chi connectivity index (χ2n) is 4.54. The van der Waals surface area contributed by atoms with E-state index in [-0.39, 0.29) is 17.3 Å². The van der Waals surface area contributed by atoms with Gasteiger partial charge in [-0.2, -0.15) is 5.10 Å². The van der Waals surface area contributed by atoms with Gasteiger partial charge in [0, 0.05) is 6.54 Å². The first-order valence-corrected chi connectivity index (χ1v) is 8.14. The van der Waals surface area contributed by atoms with Crippen molar-refractivity contribution in [1.82, 2.24) is 19.8 Å². The zero-order chi connectivity index (χ0) is 14.5. The molecular formula is C12H25ClN4O2S. The highest BCUT2D eigenvalue weighted by molar-refractivity contribution is 7.89. The molecule has 1 heterocycles. The summed E-state index contributed by atoms with van der Waals surface area (Å²) in [5, 5.41) is 6.61. The van der Waals surface area contributed by atoms with Gasteiger partial charge < -0.3 is 4.90 Å². The summed E-state index contributed by atoms with van der Waals surface area (Å²) < 4.78 is 26.9. The molecule has 20 heavy (non-hydrogen) atoms. The van der Waals surface area contributed by atoms with E-state index in [4.69, 9.17) is 0 Å². The Kier molecular flexibility index (Phi) is 8.34. The van der Waals surface area contributed by atoms with Gasteiger partial charge in [0.05, 0.1) is 11.4 Å². The van der Waals surface area contributed by atoms with Crippen LogP contribution in [-0.2, 0) is 10.0 Å². The van der Waals surface area contributed by atoms with Crippen molar-refractivity contribution >= 4 is 22.4 Å². The summed E-state index contributed by atoms with van der Waals surface area (Å²) in [6, 6.07) is 0. The molecule has 0 amide bonds. The fourth-order valence-electron chi connectivity index (χ4n) is 2.06. The molecule has 0 bridgehead atoms. The van der Waals surface area contributed by atoms with E-state index in [1.807, 2.05) is 0 Å². The molecule has 0 saturated heterocycles. The number of aryl methyl sites for hydroxylation is 2. The highest BCUT2D eigenvalue weighted by atomic mass is 35.5. The first-order chi connectivity index (χ1) is 8.92. The third-order valence-corrected chi connectivity index (χ3v) is 4.89. The van der Waals surface area contributed by atoms with Crippen LogP contribution in [0.2, 0.25) is 0 Å². The van der Waals surface area contributed by atoms with Crippen LogP contribution in [0.4, 0.5) is 0 Å². The van der Waals surface area contributed by atoms with Crippen molar-refractivity contribution in [2.45, 2.75) is 39.0 Å². The summed E-state index contributed by atoms with van der Waals surface area (Å²) in [6.07, 6.45) is 0.802. The van der Waals surface area contributed by atoms with E-state index in [1.165, 1.54) is 0 Å². The number of sulfonamides is 1. The van der Waals surface area contributed by atoms with E-state index in [0.29, 0.717) is 17.9 Å². The molecule has 1 aromatic rings. The molecule has 0 aliphatic rings. The minimum Gasteiger partial charge on any atom is -0.304 e. The second kappa shape index (κ2) is 8.61. The van der Waals surface area contributed by atoms with Crippen molar-refractivity contribution in [3.05, 3.63) is 11.4 Å². The lowest BCUT2D eigenvalue weighted by atomic mass is 10.4. The average Bonchev–Trinajstić information content (AvgIpc) is 2.70. The maximum atomic E-state index is 12.1. The summed E-state index contributed by atoms with van der Waals surface area (Å²) in [5.41, 5.74) is 1.09. The van der Waals surface area contributed by atoms with Crippen molar-refractivity contribution < 1.29 is 8.42 Å². The number of H-pyrrole nitrogens is 1. The van der Waals surface area contributed by atoms with Crippen molar-refractivity contribution in [2.75, 3.05) is 26.2 Å². The van der Waals surface area contributed by atoms with Crippen molar-refractivity contribution in [2.24, 2.45) is 0 Å². The molecule has 0 aromatic carbocycles. The summed E-state index contributed by atoms with van der Waals surface area (Å²) in [4.78, 5) is 2.54. The molecule has 0 saturated carbocycles. The maximum absolute atomic E-state index is 12.1. The van der Waals surface area contributed by atoms with E-state index in [0.717, 1.165) is 26.1 Å². The first kappa shape index (κ1) is 19.4. The van der Waals surface area contributed by atoms with Gasteiger partial charge >= 0.3 is 0 Å². The quantitative estimate of drug-likeness (QED) is 0.710. The Morgan fingerprint density at radius 3 is 2.30 bits per heavy atom. The molecule has 0 fully saturated rings. The summed E-state index contributed by atoms with van der Waals surface area (Å²) in [6.45, 7) is 10.9. The van der Waals surface area contributed by atoms with E-state index in [1.54, 1.807) is 13.8 Å². The Bertz CT molecular complexity index is 478. The van der Waals surface area contributed by atoms with Crippen molar-refractivity contribution in [3.8, 4) is 0 Å². The van der Waals surface area contributed by atoms with Gasteiger partial charge in [-0.3, -0.25) is 5.10 Å². The Morgan fingerprint density at radius 1 is 1.25 bits per heavy atom. The van der Waals surface area contributed by atoms with Gasteiger partial charge in [-0.15, -0.1) is 12.4 Å². The molecule has 1 aromatic heterocycles. The lowest BCUT2D eigenvalue weighted by Crippen LogP contribution is -2.30. The highest BCUT2D eigenvalue weighted by Crippen LogP contribution is 2.15. The molecule has 0 spiro atoms. The molecule has 118 valence electrons. The minimum atomic E-state index is -3.45. The predicted octanol–water partition coefficient (Wildman–Crippen LogP) is 1.46. The largest absolute Gasteiger partial charge is 0.304 e. The number of aromatic nitrogens is 2. The van der Waals surface area contributed by atoms with E-state index in [2.05, 4.69) is 33.7 Å². The minimum absolute atomic E-state index is 0. The van der Waals surface area contributed by atoms with Crippen LogP contribution < -0.4 is 4.72 Å². The van der Waals surface area contributed by atoms with Gasteiger partial charge in [-0.25, -0.2) is 13.1 Å². The van der Waals surface area contributed by atoms with Gasteiger partial charge in [0.25, 0.3) is 0 Å². The van der Waals surface area contributed by atoms with Crippen LogP contribution in [-0.4, -0.2) is 49.7 Å². The number of hydrogen-bond acceptors (Lipinski definition) is 4. The fourth-order valence-corrected chi connectivity index (χ4v) is 3.50. The van der Waals surface area contributed by atoms with Crippen LogP contribution in [0.5, 0.6) is 0 Å². The molecule has 0 radical (unpaired) electrons. The lowest BCUT2D eigenvalue weighted by Gasteiger charge is -2.17. The fraction of sp³-hybridized carbons (Fsp3) is 0.750. The number of rotatable bonds is 8. The number of halogens is 1. The molecule has 0 aliphatic heterocycles. The third kappa shape index (κ3) is 5.05. The van der Waals surface area contributed by atoms with Gasteiger partial charge in [0.1, 0.15) is 4.90 Å². The molecule has 0 unspecified atom stereocenters. The van der Waals surface area contributed by atoms with Crippen LogP contribution in [0, 0.1) is 13.8 Å². The van der Waals surface area contributed by atoms with Crippen molar-refractivity contribution in [3.63, 3.8) is 0 Å². The molecule has 8 heteroatoms. The standard InChI is InChI=1S/C12H24N4O2S.ClH/c1-5-16(6-2)9-7-8-13-19(17,18)12-10(3)14-15-11(12)4;/h13H,5-9H2,1-4H3,(H,14,15);1H. The Hall–Kier alpha value is -0.630. The van der Waals surface area contributed by atoms with Gasteiger partial charge in [0.15, 0.2) is 0 Å². The average molecular weight is 325 g/mol. The molecule has 2 N–H and O–H groups in total. The predicted molar refractivity (Wildman–Crippen MR) is 82.9 cm³/mol. The van der Waals surface area contributed by atoms with Gasteiger partial charge in [-0.05, 0) is 39.9 Å². The molecule has 0 aliphatic carbocycles. The number of nitrogens with zero attached hydrogens (tertiary/aromatic N) is 2. The first-order valence-electron chi connectivity index (χ1n) is 6.66. The third-order valence-electron chi connectivity index (χ3n) is 3.17. The summed E-state index contributed by atoms with van der Waals surface area (Å²) in [7, 11) is -3.45. The molecule has 1 rings (SSSR count). The van der Waals surface area contributed by atoms with Crippen LogP contribution in [0.25, 0.3) is 0 Å². The van der Waals surface area contributed by atoms with Crippen LogP contribution >= 0.6 is 12.4 Å². The lowest BCUT2D eigenvalue weighted by molar-refractivity contribution is 0.300. The maximum Gasteiger partial charge on any atom is 0.244 e. The zero-order valence-electron chi connectivity index (χ0n) is 12.6. The summed E-state index contributed by atoms with van der Waals surface area (Å²) >= 11 is 0. The van der Waals surface area contributed by atoms with E-state index in [9.17, 15) is 8.42 Å². The van der Waals surface area contributed by atoms with Gasteiger partial charge in [-0.1, -0.05) is 13.8 Å². The van der Waals surface area contributed by atoms with Crippen LogP contribution in [0.15, 0.2) is 4.90 Å². The normalized spacial score (nSPS) is 11.7. The van der Waals surface area contributed by atoms with Crippen molar-refractivity contribution in [1.29, 1.82) is 0 Å².